The lowest BCUT2D eigenvalue weighted by Crippen LogP contribution is -2.30. The highest BCUT2D eigenvalue weighted by molar-refractivity contribution is 5.97. The molecule has 3 rings (SSSR count). The predicted molar refractivity (Wildman–Crippen MR) is 73.5 cm³/mol. The fourth-order valence-electron chi connectivity index (χ4n) is 3.10. The van der Waals surface area contributed by atoms with Crippen LogP contribution in [0.4, 0.5) is 5.82 Å². The van der Waals surface area contributed by atoms with Crippen LogP contribution in [0.2, 0.25) is 0 Å². The highest BCUT2D eigenvalue weighted by atomic mass is 16.5. The van der Waals surface area contributed by atoms with Crippen molar-refractivity contribution in [3.63, 3.8) is 0 Å². The lowest BCUT2D eigenvalue weighted by molar-refractivity contribution is -0.0149. The van der Waals surface area contributed by atoms with E-state index in [-0.39, 0.29) is 11.7 Å². The van der Waals surface area contributed by atoms with Gasteiger partial charge in [-0.2, -0.15) is 0 Å². The fourth-order valence-corrected chi connectivity index (χ4v) is 3.10. The van der Waals surface area contributed by atoms with Crippen LogP contribution >= 0.6 is 0 Å². The Morgan fingerprint density at radius 2 is 1.95 bits per heavy atom. The van der Waals surface area contributed by atoms with E-state index in [1.54, 1.807) is 6.20 Å². The number of rotatable bonds is 3. The Hall–Kier alpha value is -1.42. The van der Waals surface area contributed by atoms with Gasteiger partial charge in [0.05, 0.1) is 12.2 Å². The van der Waals surface area contributed by atoms with E-state index in [1.165, 1.54) is 0 Å². The molecule has 2 aliphatic heterocycles. The molecule has 2 atom stereocenters. The van der Waals surface area contributed by atoms with Crippen molar-refractivity contribution in [2.24, 2.45) is 5.92 Å². The Balaban J connectivity index is 1.73. The number of carbonyl (C=O) groups excluding carboxylic acids is 1. The Morgan fingerprint density at radius 3 is 2.47 bits per heavy atom. The van der Waals surface area contributed by atoms with Gasteiger partial charge in [0.2, 0.25) is 0 Å². The maximum absolute atomic E-state index is 12.5. The Labute approximate surface area is 113 Å². The molecule has 2 saturated heterocycles. The van der Waals surface area contributed by atoms with Gasteiger partial charge in [0, 0.05) is 31.8 Å². The summed E-state index contributed by atoms with van der Waals surface area (Å²) in [7, 11) is 3.89. The third kappa shape index (κ3) is 2.50. The number of aromatic nitrogens is 1. The van der Waals surface area contributed by atoms with Gasteiger partial charge in [-0.3, -0.25) is 4.79 Å². The second kappa shape index (κ2) is 4.93. The van der Waals surface area contributed by atoms with E-state index < -0.39 is 0 Å². The minimum Gasteiger partial charge on any atom is -0.375 e. The maximum Gasteiger partial charge on any atom is 0.167 e. The number of anilines is 1. The van der Waals surface area contributed by atoms with Gasteiger partial charge in [0.15, 0.2) is 5.78 Å². The van der Waals surface area contributed by atoms with Crippen molar-refractivity contribution in [1.29, 1.82) is 0 Å². The molecule has 19 heavy (non-hydrogen) atoms. The smallest absolute Gasteiger partial charge is 0.167 e. The summed E-state index contributed by atoms with van der Waals surface area (Å²) in [6.07, 6.45) is 6.31. The molecule has 2 aliphatic rings. The third-order valence-electron chi connectivity index (χ3n) is 4.15. The van der Waals surface area contributed by atoms with Crippen LogP contribution < -0.4 is 4.90 Å². The molecule has 0 aromatic carbocycles. The number of nitrogens with zero attached hydrogens (tertiary/aromatic N) is 2. The van der Waals surface area contributed by atoms with E-state index in [4.69, 9.17) is 4.74 Å². The summed E-state index contributed by atoms with van der Waals surface area (Å²) in [4.78, 5) is 18.7. The molecule has 102 valence electrons. The molecule has 0 amide bonds. The van der Waals surface area contributed by atoms with Crippen molar-refractivity contribution in [1.82, 2.24) is 4.98 Å². The van der Waals surface area contributed by atoms with Gasteiger partial charge in [-0.15, -0.1) is 0 Å². The van der Waals surface area contributed by atoms with Crippen LogP contribution in [0.3, 0.4) is 0 Å². The first-order chi connectivity index (χ1) is 9.13. The summed E-state index contributed by atoms with van der Waals surface area (Å²) in [6.45, 7) is 0. The van der Waals surface area contributed by atoms with Crippen molar-refractivity contribution < 1.29 is 9.53 Å². The molecule has 4 nitrogen and oxygen atoms in total. The number of pyridine rings is 1. The van der Waals surface area contributed by atoms with E-state index >= 15 is 0 Å². The average Bonchev–Trinajstić information content (AvgIpc) is 2.76. The number of carbonyl (C=O) groups is 1. The topological polar surface area (TPSA) is 42.4 Å². The van der Waals surface area contributed by atoms with E-state index in [9.17, 15) is 4.79 Å². The first-order valence-electron chi connectivity index (χ1n) is 6.96. The molecule has 0 N–H and O–H groups in total. The second-order valence-corrected chi connectivity index (χ2v) is 5.79. The van der Waals surface area contributed by atoms with Crippen LogP contribution in [0.25, 0.3) is 0 Å². The summed E-state index contributed by atoms with van der Waals surface area (Å²) in [5, 5.41) is 0. The van der Waals surface area contributed by atoms with Gasteiger partial charge < -0.3 is 9.64 Å². The van der Waals surface area contributed by atoms with Crippen LogP contribution in [-0.4, -0.2) is 37.1 Å². The summed E-state index contributed by atoms with van der Waals surface area (Å²) in [5.41, 5.74) is 0.733. The molecule has 0 spiro atoms. The SMILES string of the molecule is CN(C)c1ccc(C(=O)C2CC3CCC(C2)O3)cn1. The van der Waals surface area contributed by atoms with Gasteiger partial charge in [-0.1, -0.05) is 0 Å². The van der Waals surface area contributed by atoms with Gasteiger partial charge in [-0.25, -0.2) is 4.98 Å². The second-order valence-electron chi connectivity index (χ2n) is 5.79. The van der Waals surface area contributed by atoms with Crippen LogP contribution in [0.15, 0.2) is 18.3 Å². The molecule has 4 heteroatoms. The molecule has 3 heterocycles. The summed E-state index contributed by atoms with van der Waals surface area (Å²) in [5.74, 6) is 1.24. The molecule has 1 aromatic heterocycles. The maximum atomic E-state index is 12.5. The van der Waals surface area contributed by atoms with Gasteiger partial charge in [-0.05, 0) is 37.8 Å². The Morgan fingerprint density at radius 1 is 1.26 bits per heavy atom. The van der Waals surface area contributed by atoms with Crippen molar-refractivity contribution >= 4 is 11.6 Å². The summed E-state index contributed by atoms with van der Waals surface area (Å²) >= 11 is 0. The quantitative estimate of drug-likeness (QED) is 0.782. The largest absolute Gasteiger partial charge is 0.375 e. The molecule has 2 bridgehead atoms. The van der Waals surface area contributed by atoms with Crippen molar-refractivity contribution in [2.75, 3.05) is 19.0 Å². The molecule has 1 aromatic rings. The van der Waals surface area contributed by atoms with Crippen LogP contribution in [-0.2, 0) is 4.74 Å². The highest BCUT2D eigenvalue weighted by Gasteiger charge is 2.38. The zero-order valence-corrected chi connectivity index (χ0v) is 11.5. The highest BCUT2D eigenvalue weighted by Crippen LogP contribution is 2.37. The standard InChI is InChI=1S/C15H20N2O2/c1-17(2)14-6-3-10(9-16-14)15(18)11-7-12-4-5-13(8-11)19-12/h3,6,9,11-13H,4-5,7-8H2,1-2H3. The monoisotopic (exact) mass is 260 g/mol. The van der Waals surface area contributed by atoms with Crippen LogP contribution in [0, 0.1) is 5.92 Å². The molecule has 0 aliphatic carbocycles. The molecule has 0 radical (unpaired) electrons. The minimum absolute atomic E-state index is 0.123. The summed E-state index contributed by atoms with van der Waals surface area (Å²) in [6, 6.07) is 3.79. The van der Waals surface area contributed by atoms with E-state index in [0.717, 1.165) is 37.1 Å². The lowest BCUT2D eigenvalue weighted by Gasteiger charge is -2.27. The zero-order valence-electron chi connectivity index (χ0n) is 11.5. The minimum atomic E-state index is 0.123. The molecule has 2 unspecified atom stereocenters. The van der Waals surface area contributed by atoms with E-state index in [1.807, 2.05) is 31.1 Å². The van der Waals surface area contributed by atoms with Crippen molar-refractivity contribution in [3.05, 3.63) is 23.9 Å². The first kappa shape index (κ1) is 12.6. The van der Waals surface area contributed by atoms with E-state index in [2.05, 4.69) is 4.98 Å². The van der Waals surface area contributed by atoms with Crippen molar-refractivity contribution in [3.8, 4) is 0 Å². The molecular weight excluding hydrogens is 240 g/mol. The predicted octanol–water partition coefficient (Wildman–Crippen LogP) is 2.29. The summed E-state index contributed by atoms with van der Waals surface area (Å²) < 4.78 is 5.79. The normalized spacial score (nSPS) is 29.3. The molecule has 0 saturated carbocycles. The van der Waals surface area contributed by atoms with Crippen LogP contribution in [0.5, 0.6) is 0 Å². The zero-order chi connectivity index (χ0) is 13.4. The Bertz CT molecular complexity index is 458. The number of ketones is 1. The van der Waals surface area contributed by atoms with Gasteiger partial charge in [0.25, 0.3) is 0 Å². The number of hydrogen-bond acceptors (Lipinski definition) is 4. The number of fused-ring (bicyclic) bond motifs is 2. The van der Waals surface area contributed by atoms with Gasteiger partial charge >= 0.3 is 0 Å². The molecular formula is C15H20N2O2. The average molecular weight is 260 g/mol. The molecule has 2 fully saturated rings. The van der Waals surface area contributed by atoms with E-state index in [0.29, 0.717) is 12.2 Å². The Kier molecular flexibility index (Phi) is 3.27. The van der Waals surface area contributed by atoms with Gasteiger partial charge in [0.1, 0.15) is 5.82 Å². The number of ether oxygens (including phenoxy) is 1. The van der Waals surface area contributed by atoms with Crippen LogP contribution in [0.1, 0.15) is 36.0 Å². The fraction of sp³-hybridized carbons (Fsp3) is 0.600. The number of hydrogen-bond donors (Lipinski definition) is 0. The first-order valence-corrected chi connectivity index (χ1v) is 6.96. The number of Topliss-reactive ketones (excluding diaryl/α,β-unsaturated/α-hetero) is 1. The third-order valence-corrected chi connectivity index (χ3v) is 4.15. The van der Waals surface area contributed by atoms with Crippen molar-refractivity contribution in [2.45, 2.75) is 37.9 Å². The lowest BCUT2D eigenvalue weighted by atomic mass is 9.88.